The van der Waals surface area contributed by atoms with Crippen LogP contribution in [0.15, 0.2) is 24.4 Å². The molecule has 6 nitrogen and oxygen atoms in total. The second-order valence-corrected chi connectivity index (χ2v) is 6.27. The number of carbonyl (C=O) groups excluding carboxylic acids is 3. The first kappa shape index (κ1) is 18.8. The molecule has 0 saturated carbocycles. The molecule has 6 heteroatoms. The van der Waals surface area contributed by atoms with Crippen LogP contribution in [0.3, 0.4) is 0 Å². The van der Waals surface area contributed by atoms with E-state index in [2.05, 4.69) is 17.8 Å². The van der Waals surface area contributed by atoms with E-state index in [9.17, 15) is 14.4 Å². The van der Waals surface area contributed by atoms with Gasteiger partial charge in [-0.05, 0) is 19.3 Å². The molecule has 0 bridgehead atoms. The van der Waals surface area contributed by atoms with Gasteiger partial charge in [0.1, 0.15) is 5.41 Å². The Bertz CT molecular complexity index is 646. The van der Waals surface area contributed by atoms with Crippen LogP contribution in [0, 0.1) is 23.7 Å². The molecule has 1 N–H and O–H groups in total. The number of allylic oxidation sites excluding steroid dienone is 1. The lowest BCUT2D eigenvalue weighted by Crippen LogP contribution is -2.41. The van der Waals surface area contributed by atoms with Gasteiger partial charge < -0.3 is 15.0 Å². The van der Waals surface area contributed by atoms with Crippen LogP contribution >= 0.6 is 0 Å². The van der Waals surface area contributed by atoms with E-state index in [0.29, 0.717) is 18.7 Å². The average molecular weight is 344 g/mol. The first-order valence-electron chi connectivity index (χ1n) is 8.44. The summed E-state index contributed by atoms with van der Waals surface area (Å²) in [7, 11) is 1.32. The van der Waals surface area contributed by atoms with Gasteiger partial charge in [-0.2, -0.15) is 0 Å². The molecule has 0 aromatic rings. The quantitative estimate of drug-likeness (QED) is 0.449. The van der Waals surface area contributed by atoms with Crippen molar-refractivity contribution in [3.63, 3.8) is 0 Å². The number of esters is 1. The molecule has 0 radical (unpaired) electrons. The summed E-state index contributed by atoms with van der Waals surface area (Å²) in [6.07, 6.45) is 11.6. The van der Waals surface area contributed by atoms with Gasteiger partial charge in [-0.25, -0.2) is 0 Å². The minimum Gasteiger partial charge on any atom is -0.468 e. The number of terminal acetylenes is 1. The summed E-state index contributed by atoms with van der Waals surface area (Å²) in [5.41, 5.74) is -0.463. The Morgan fingerprint density at radius 2 is 2.32 bits per heavy atom. The molecule has 0 spiro atoms. The van der Waals surface area contributed by atoms with E-state index in [4.69, 9.17) is 11.2 Å². The van der Waals surface area contributed by atoms with Crippen LogP contribution in [0.2, 0.25) is 0 Å². The molecular formula is C19H24N2O4. The van der Waals surface area contributed by atoms with E-state index < -0.39 is 17.3 Å². The molecule has 0 aromatic heterocycles. The normalized spacial score (nSPS) is 25.3. The van der Waals surface area contributed by atoms with Crippen LogP contribution in [-0.2, 0) is 19.1 Å². The summed E-state index contributed by atoms with van der Waals surface area (Å²) in [5.74, 6) is 0.492. The highest BCUT2D eigenvalue weighted by Gasteiger charge is 2.61. The molecule has 1 fully saturated rings. The average Bonchev–Trinajstić information content (AvgIpc) is 2.76. The van der Waals surface area contributed by atoms with E-state index in [1.807, 2.05) is 6.08 Å². The number of carbonyl (C=O) groups is 3. The van der Waals surface area contributed by atoms with Crippen molar-refractivity contribution >= 4 is 17.8 Å². The Hall–Kier alpha value is -2.55. The fourth-order valence-electron chi connectivity index (χ4n) is 3.84. The van der Waals surface area contributed by atoms with Gasteiger partial charge in [-0.15, -0.1) is 13.0 Å². The Morgan fingerprint density at radius 3 is 2.96 bits per heavy atom. The third-order valence-electron chi connectivity index (χ3n) is 4.91. The van der Waals surface area contributed by atoms with Crippen LogP contribution in [0.25, 0.3) is 0 Å². The first-order chi connectivity index (χ1) is 12.0. The van der Waals surface area contributed by atoms with Crippen LogP contribution in [0.1, 0.15) is 32.1 Å². The number of ether oxygens (including phenoxy) is 1. The Kier molecular flexibility index (Phi) is 6.02. The Balaban J connectivity index is 2.47. The molecule has 1 heterocycles. The number of methoxy groups -OCH3 is 1. The fourth-order valence-corrected chi connectivity index (χ4v) is 3.84. The lowest BCUT2D eigenvalue weighted by molar-refractivity contribution is -0.155. The highest BCUT2D eigenvalue weighted by molar-refractivity contribution is 5.98. The van der Waals surface area contributed by atoms with Gasteiger partial charge in [-0.3, -0.25) is 14.4 Å². The number of rotatable bonds is 6. The second kappa shape index (κ2) is 8.02. The smallest absolute Gasteiger partial charge is 0.318 e. The predicted molar refractivity (Wildman–Crippen MR) is 92.9 cm³/mol. The lowest BCUT2D eigenvalue weighted by atomic mass is 9.71. The summed E-state index contributed by atoms with van der Waals surface area (Å²) in [5, 5.41) is 2.57. The number of nitrogens with zero attached hydrogens (tertiary/aromatic N) is 1. The zero-order chi connectivity index (χ0) is 18.4. The Labute approximate surface area is 148 Å². The van der Waals surface area contributed by atoms with Gasteiger partial charge in [0.05, 0.1) is 19.6 Å². The van der Waals surface area contributed by atoms with Crippen LogP contribution < -0.4 is 5.32 Å². The minimum atomic E-state index is -1.11. The van der Waals surface area contributed by atoms with E-state index in [1.54, 1.807) is 11.0 Å². The van der Waals surface area contributed by atoms with Gasteiger partial charge in [0.25, 0.3) is 0 Å². The molecule has 2 atom stereocenters. The van der Waals surface area contributed by atoms with Crippen molar-refractivity contribution in [2.24, 2.45) is 11.3 Å². The molecule has 2 aliphatic rings. The molecule has 2 amide bonds. The zero-order valence-electron chi connectivity index (χ0n) is 14.5. The van der Waals surface area contributed by atoms with Gasteiger partial charge >= 0.3 is 5.97 Å². The zero-order valence-corrected chi connectivity index (χ0v) is 14.5. The number of likely N-dealkylation sites (tertiary alicyclic amines) is 1. The van der Waals surface area contributed by atoms with E-state index >= 15 is 0 Å². The largest absolute Gasteiger partial charge is 0.468 e. The van der Waals surface area contributed by atoms with E-state index in [-0.39, 0.29) is 24.8 Å². The number of amides is 2. The van der Waals surface area contributed by atoms with Crippen molar-refractivity contribution in [2.45, 2.75) is 32.1 Å². The van der Waals surface area contributed by atoms with Crippen LogP contribution in [0.4, 0.5) is 0 Å². The summed E-state index contributed by atoms with van der Waals surface area (Å²) in [6, 6.07) is 0. The second-order valence-electron chi connectivity index (χ2n) is 6.27. The Morgan fingerprint density at radius 1 is 1.56 bits per heavy atom. The van der Waals surface area contributed by atoms with Crippen molar-refractivity contribution < 1.29 is 19.1 Å². The van der Waals surface area contributed by atoms with E-state index in [0.717, 1.165) is 19.3 Å². The topological polar surface area (TPSA) is 75.7 Å². The van der Waals surface area contributed by atoms with Crippen molar-refractivity contribution in [1.82, 2.24) is 10.2 Å². The van der Waals surface area contributed by atoms with Gasteiger partial charge in [0.15, 0.2) is 0 Å². The maximum atomic E-state index is 13.0. The molecular weight excluding hydrogens is 320 g/mol. The van der Waals surface area contributed by atoms with Crippen molar-refractivity contribution in [1.29, 1.82) is 0 Å². The standard InChI is InChI=1S/C19H24N2O4/c1-4-11-20-16(22)13-14-17(23)21(12-5-2)15-9-7-6-8-10-19(14,15)18(24)25-3/h1,5,9,14H,2,6-8,10-13H2,3H3,(H,20,22)/t14-,19-/m1/s1. The molecule has 1 aliphatic heterocycles. The van der Waals surface area contributed by atoms with Crippen molar-refractivity contribution in [3.05, 3.63) is 24.4 Å². The first-order valence-corrected chi connectivity index (χ1v) is 8.44. The molecule has 0 unspecified atom stereocenters. The number of hydrogen-bond acceptors (Lipinski definition) is 4. The molecule has 25 heavy (non-hydrogen) atoms. The molecule has 134 valence electrons. The van der Waals surface area contributed by atoms with Gasteiger partial charge in [0, 0.05) is 18.7 Å². The van der Waals surface area contributed by atoms with Crippen molar-refractivity contribution in [2.75, 3.05) is 20.2 Å². The monoisotopic (exact) mass is 344 g/mol. The van der Waals surface area contributed by atoms with Gasteiger partial charge in [0.2, 0.25) is 11.8 Å². The predicted octanol–water partition coefficient (Wildman–Crippen LogP) is 1.39. The molecule has 0 aromatic carbocycles. The maximum Gasteiger partial charge on any atom is 0.318 e. The molecule has 1 aliphatic carbocycles. The number of hydrogen-bond donors (Lipinski definition) is 1. The third-order valence-corrected chi connectivity index (χ3v) is 4.91. The third kappa shape index (κ3) is 3.32. The summed E-state index contributed by atoms with van der Waals surface area (Å²) < 4.78 is 5.07. The highest BCUT2D eigenvalue weighted by Crippen LogP contribution is 2.52. The SMILES string of the molecule is C#CCNC(=O)C[C@@H]1C(=O)N(CC=C)C2=CCCCC[C@]21C(=O)OC. The summed E-state index contributed by atoms with van der Waals surface area (Å²) in [6.45, 7) is 4.08. The molecule has 1 saturated heterocycles. The number of fused-ring (bicyclic) bond motifs is 1. The molecule has 2 rings (SSSR count). The highest BCUT2D eigenvalue weighted by atomic mass is 16.5. The minimum absolute atomic E-state index is 0.0873. The van der Waals surface area contributed by atoms with Crippen molar-refractivity contribution in [3.8, 4) is 12.3 Å². The van der Waals surface area contributed by atoms with Crippen LogP contribution in [-0.4, -0.2) is 42.9 Å². The summed E-state index contributed by atoms with van der Waals surface area (Å²) >= 11 is 0. The maximum absolute atomic E-state index is 13.0. The fraction of sp³-hybridized carbons (Fsp3) is 0.526. The summed E-state index contributed by atoms with van der Waals surface area (Å²) in [4.78, 5) is 39.6. The lowest BCUT2D eigenvalue weighted by Gasteiger charge is -2.31. The van der Waals surface area contributed by atoms with Crippen LogP contribution in [0.5, 0.6) is 0 Å². The number of nitrogens with one attached hydrogen (secondary N) is 1. The van der Waals surface area contributed by atoms with E-state index in [1.165, 1.54) is 7.11 Å². The van der Waals surface area contributed by atoms with Gasteiger partial charge in [-0.1, -0.05) is 24.5 Å².